The van der Waals surface area contributed by atoms with E-state index >= 15 is 0 Å². The normalized spacial score (nSPS) is 37.4. The number of hydrogen-bond donors (Lipinski definition) is 3. The Morgan fingerprint density at radius 2 is 2.32 bits per heavy atom. The average Bonchev–Trinajstić information content (AvgIpc) is 2.92. The van der Waals surface area contributed by atoms with Crippen molar-refractivity contribution in [3.63, 3.8) is 0 Å². The zero-order chi connectivity index (χ0) is 13.6. The van der Waals surface area contributed by atoms with Crippen LogP contribution in [0.15, 0.2) is 15.0 Å². The lowest BCUT2D eigenvalue weighted by Crippen LogP contribution is -2.48. The Balaban J connectivity index is 1.85. The van der Waals surface area contributed by atoms with Crippen molar-refractivity contribution in [1.82, 2.24) is 4.90 Å². The zero-order valence-corrected chi connectivity index (χ0v) is 9.88. The molecule has 0 aromatic rings. The minimum absolute atomic E-state index is 0.141. The van der Waals surface area contributed by atoms with Crippen molar-refractivity contribution in [2.75, 3.05) is 6.61 Å². The third-order valence-electron chi connectivity index (χ3n) is 3.18. The van der Waals surface area contributed by atoms with Crippen LogP contribution in [0.2, 0.25) is 0 Å². The molecule has 9 nitrogen and oxygen atoms in total. The number of amides is 1. The van der Waals surface area contributed by atoms with Crippen molar-refractivity contribution in [3.8, 4) is 0 Å². The van der Waals surface area contributed by atoms with Gasteiger partial charge in [-0.3, -0.25) is 14.7 Å². The Morgan fingerprint density at radius 3 is 3.00 bits per heavy atom. The van der Waals surface area contributed by atoms with Crippen molar-refractivity contribution < 1.29 is 19.7 Å². The van der Waals surface area contributed by atoms with Gasteiger partial charge < -0.3 is 20.7 Å². The van der Waals surface area contributed by atoms with Gasteiger partial charge in [0.15, 0.2) is 18.1 Å². The Bertz CT molecular complexity index is 502. The Hall–Kier alpha value is -1.84. The summed E-state index contributed by atoms with van der Waals surface area (Å²) in [6.45, 7) is -0.184. The highest BCUT2D eigenvalue weighted by Gasteiger charge is 2.44. The molecule has 3 aliphatic heterocycles. The first-order valence-corrected chi connectivity index (χ1v) is 5.82. The first kappa shape index (κ1) is 12.2. The van der Waals surface area contributed by atoms with Gasteiger partial charge in [0.1, 0.15) is 6.10 Å². The fourth-order valence-electron chi connectivity index (χ4n) is 2.31. The third-order valence-corrected chi connectivity index (χ3v) is 3.18. The Morgan fingerprint density at radius 1 is 1.53 bits per heavy atom. The van der Waals surface area contributed by atoms with Crippen LogP contribution in [0, 0.1) is 0 Å². The van der Waals surface area contributed by atoms with E-state index in [1.54, 1.807) is 0 Å². The van der Waals surface area contributed by atoms with Gasteiger partial charge in [0.2, 0.25) is 5.96 Å². The highest BCUT2D eigenvalue weighted by atomic mass is 16.5. The summed E-state index contributed by atoms with van der Waals surface area (Å²) in [5.41, 5.74) is 5.45. The van der Waals surface area contributed by atoms with E-state index < -0.39 is 30.4 Å². The fraction of sp³-hybridized carbons (Fsp3) is 0.600. The van der Waals surface area contributed by atoms with Gasteiger partial charge in [0.25, 0.3) is 5.91 Å². The summed E-state index contributed by atoms with van der Waals surface area (Å²) >= 11 is 0. The molecule has 0 aromatic heterocycles. The number of aliphatic hydroxyl groups excluding tert-OH is 2. The maximum atomic E-state index is 11.6. The van der Waals surface area contributed by atoms with Crippen molar-refractivity contribution in [2.24, 2.45) is 20.7 Å². The Labute approximate surface area is 108 Å². The molecule has 1 amide bonds. The highest BCUT2D eigenvalue weighted by molar-refractivity contribution is 6.21. The molecule has 1 saturated heterocycles. The predicted octanol–water partition coefficient (Wildman–Crippen LogP) is -2.58. The molecule has 1 unspecified atom stereocenters. The average molecular weight is 267 g/mol. The number of guanidine groups is 1. The number of amidine groups is 1. The van der Waals surface area contributed by atoms with E-state index in [2.05, 4.69) is 15.0 Å². The van der Waals surface area contributed by atoms with Crippen molar-refractivity contribution >= 4 is 24.0 Å². The zero-order valence-electron chi connectivity index (χ0n) is 9.88. The van der Waals surface area contributed by atoms with Gasteiger partial charge in [-0.2, -0.15) is 9.98 Å². The number of aliphatic hydroxyl groups is 2. The molecule has 4 atom stereocenters. The van der Waals surface area contributed by atoms with E-state index in [4.69, 9.17) is 15.6 Å². The highest BCUT2D eigenvalue weighted by Crippen LogP contribution is 2.26. The lowest BCUT2D eigenvalue weighted by Gasteiger charge is -2.27. The largest absolute Gasteiger partial charge is 0.394 e. The molecule has 0 radical (unpaired) electrons. The smallest absolute Gasteiger partial charge is 0.281 e. The van der Waals surface area contributed by atoms with E-state index in [0.717, 1.165) is 0 Å². The maximum absolute atomic E-state index is 11.6. The van der Waals surface area contributed by atoms with E-state index in [1.807, 2.05) is 0 Å². The Kier molecular flexibility index (Phi) is 2.81. The molecule has 0 aromatic carbocycles. The van der Waals surface area contributed by atoms with E-state index in [0.29, 0.717) is 12.3 Å². The molecule has 3 heterocycles. The van der Waals surface area contributed by atoms with Gasteiger partial charge in [0, 0.05) is 6.42 Å². The minimum Gasteiger partial charge on any atom is -0.394 e. The molecule has 0 bridgehead atoms. The second-order valence-electron chi connectivity index (χ2n) is 4.49. The molecule has 0 saturated carbocycles. The number of carbonyl (C=O) groups excluding carboxylic acids is 1. The van der Waals surface area contributed by atoms with Crippen LogP contribution in [0.5, 0.6) is 0 Å². The summed E-state index contributed by atoms with van der Waals surface area (Å²) in [5, 5.41) is 19.0. The van der Waals surface area contributed by atoms with Gasteiger partial charge in [-0.25, -0.2) is 0 Å². The molecular formula is C10H13N5O4. The quantitative estimate of drug-likeness (QED) is 0.503. The number of fused-ring (bicyclic) bond motifs is 1. The molecule has 19 heavy (non-hydrogen) atoms. The molecule has 1 fully saturated rings. The van der Waals surface area contributed by atoms with Crippen LogP contribution in [0.1, 0.15) is 6.42 Å². The lowest BCUT2D eigenvalue weighted by molar-refractivity contribution is -0.117. The van der Waals surface area contributed by atoms with Crippen molar-refractivity contribution in [3.05, 3.63) is 0 Å². The number of hydrogen-bond acceptors (Lipinski definition) is 8. The first-order chi connectivity index (χ1) is 9.10. The van der Waals surface area contributed by atoms with Crippen molar-refractivity contribution in [2.45, 2.75) is 30.9 Å². The summed E-state index contributed by atoms with van der Waals surface area (Å²) in [4.78, 5) is 24.6. The summed E-state index contributed by atoms with van der Waals surface area (Å²) in [5.74, 6) is -0.342. The number of aliphatic imine (C=N–C) groups is 3. The first-order valence-electron chi connectivity index (χ1n) is 5.82. The monoisotopic (exact) mass is 267 g/mol. The van der Waals surface area contributed by atoms with E-state index in [9.17, 15) is 9.90 Å². The number of nitrogens with zero attached hydrogens (tertiary/aromatic N) is 4. The molecule has 4 N–H and O–H groups in total. The van der Waals surface area contributed by atoms with Crippen LogP contribution < -0.4 is 5.73 Å². The fourth-order valence-corrected chi connectivity index (χ4v) is 2.31. The van der Waals surface area contributed by atoms with E-state index in [-0.39, 0.29) is 12.6 Å². The summed E-state index contributed by atoms with van der Waals surface area (Å²) in [6, 6.07) is -0.823. The number of ether oxygens (including phenoxy) is 1. The van der Waals surface area contributed by atoms with Gasteiger partial charge in [-0.05, 0) is 0 Å². The topological polar surface area (TPSA) is 133 Å². The molecule has 0 aliphatic carbocycles. The van der Waals surface area contributed by atoms with Crippen LogP contribution >= 0.6 is 0 Å². The van der Waals surface area contributed by atoms with Gasteiger partial charge in [-0.1, -0.05) is 0 Å². The standard InChI is InChI=1S/C10H13N5O4/c11-10-13-7-6(8(18)14-10)12-3-15(7)9-5(17)1-4(2-16)19-9/h3-6,9,16-17H,1-2H2,(H2,11,14,18)/t4-,5+,6?,9+/m0/s1. The number of rotatable bonds is 2. The second-order valence-corrected chi connectivity index (χ2v) is 4.49. The van der Waals surface area contributed by atoms with Gasteiger partial charge in [0.05, 0.1) is 19.0 Å². The second kappa shape index (κ2) is 4.37. The minimum atomic E-state index is -0.823. The van der Waals surface area contributed by atoms with Crippen LogP contribution in [0.25, 0.3) is 0 Å². The van der Waals surface area contributed by atoms with E-state index in [1.165, 1.54) is 11.2 Å². The van der Waals surface area contributed by atoms with Gasteiger partial charge >= 0.3 is 0 Å². The molecule has 3 rings (SSSR count). The molecule has 102 valence electrons. The van der Waals surface area contributed by atoms with Crippen LogP contribution in [-0.2, 0) is 9.53 Å². The van der Waals surface area contributed by atoms with Crippen LogP contribution in [0.4, 0.5) is 0 Å². The number of carbonyl (C=O) groups is 1. The summed E-state index contributed by atoms with van der Waals surface area (Å²) in [6.07, 6.45) is -0.300. The third kappa shape index (κ3) is 1.91. The predicted molar refractivity (Wildman–Crippen MR) is 64.6 cm³/mol. The van der Waals surface area contributed by atoms with Gasteiger partial charge in [-0.15, -0.1) is 0 Å². The van der Waals surface area contributed by atoms with Crippen LogP contribution in [-0.4, -0.2) is 70.2 Å². The summed E-state index contributed by atoms with van der Waals surface area (Å²) in [7, 11) is 0. The molecule has 9 heteroatoms. The molecular weight excluding hydrogens is 254 g/mol. The summed E-state index contributed by atoms with van der Waals surface area (Å²) < 4.78 is 5.49. The SMILES string of the molecule is NC1=NC(=O)C2N=CN([C@@H]3O[C@H](CO)C[C@H]3O)C2=N1. The molecule has 0 spiro atoms. The maximum Gasteiger partial charge on any atom is 0.281 e. The van der Waals surface area contributed by atoms with Crippen molar-refractivity contribution in [1.29, 1.82) is 0 Å². The lowest BCUT2D eigenvalue weighted by atomic mass is 10.2. The molecule has 3 aliphatic rings. The number of nitrogens with two attached hydrogens (primary N) is 1. The van der Waals surface area contributed by atoms with Crippen LogP contribution in [0.3, 0.4) is 0 Å².